The van der Waals surface area contributed by atoms with Crippen LogP contribution in [0.15, 0.2) is 35.0 Å². The molecular weight excluding hydrogens is 314 g/mol. The fourth-order valence-electron chi connectivity index (χ4n) is 1.54. The van der Waals surface area contributed by atoms with Crippen LogP contribution < -0.4 is 15.4 Å². The molecule has 0 spiro atoms. The van der Waals surface area contributed by atoms with E-state index in [-0.39, 0.29) is 18.9 Å². The van der Waals surface area contributed by atoms with E-state index in [1.165, 1.54) is 17.4 Å². The molecule has 2 aromatic rings. The summed E-state index contributed by atoms with van der Waals surface area (Å²) in [6.45, 7) is -0.205. The molecule has 2 amide bonds. The topological polar surface area (TPSA) is 70.6 Å². The molecule has 8 heteroatoms. The van der Waals surface area contributed by atoms with Gasteiger partial charge in [0.2, 0.25) is 0 Å². The summed E-state index contributed by atoms with van der Waals surface area (Å²) in [7, 11) is 0. The Hall–Kier alpha value is -2.19. The molecule has 0 aliphatic heterocycles. The van der Waals surface area contributed by atoms with Crippen molar-refractivity contribution in [3.05, 3.63) is 46.7 Å². The molecular formula is C14H14F2N2O3S. The van der Waals surface area contributed by atoms with Crippen LogP contribution in [-0.2, 0) is 0 Å². The average Bonchev–Trinajstić information content (AvgIpc) is 2.99. The molecule has 0 saturated heterocycles. The molecule has 3 N–H and O–H groups in total. The summed E-state index contributed by atoms with van der Waals surface area (Å²) in [4.78, 5) is 11.5. The van der Waals surface area contributed by atoms with E-state index in [9.17, 15) is 18.7 Å². The number of halogens is 2. The van der Waals surface area contributed by atoms with Gasteiger partial charge in [0.15, 0.2) is 11.6 Å². The molecule has 0 aliphatic rings. The van der Waals surface area contributed by atoms with Crippen LogP contribution >= 0.6 is 11.3 Å². The molecule has 5 nitrogen and oxygen atoms in total. The largest absolute Gasteiger partial charge is 0.491 e. The van der Waals surface area contributed by atoms with Crippen LogP contribution in [0, 0.1) is 11.6 Å². The summed E-state index contributed by atoms with van der Waals surface area (Å²) in [5.74, 6) is -1.90. The summed E-state index contributed by atoms with van der Waals surface area (Å²) in [6, 6.07) is 4.36. The van der Waals surface area contributed by atoms with Crippen molar-refractivity contribution in [2.75, 3.05) is 18.5 Å². The van der Waals surface area contributed by atoms with Crippen LogP contribution in [0.5, 0.6) is 5.75 Å². The van der Waals surface area contributed by atoms with E-state index in [0.717, 1.165) is 12.1 Å². The van der Waals surface area contributed by atoms with Crippen molar-refractivity contribution in [1.82, 2.24) is 5.32 Å². The van der Waals surface area contributed by atoms with Crippen molar-refractivity contribution < 1.29 is 23.4 Å². The maximum absolute atomic E-state index is 13.0. The number of urea groups is 1. The standard InChI is InChI=1S/C14H14F2N2O3S/c15-12-2-1-11(5-13(12)16)21-7-10(19)6-17-14(20)18-9-3-4-22-8-9/h1-5,8,10,19H,6-7H2,(H2,17,18,20). The molecule has 0 saturated carbocycles. The van der Waals surface area contributed by atoms with Crippen LogP contribution in [0.1, 0.15) is 0 Å². The minimum absolute atomic E-state index is 0.0420. The summed E-state index contributed by atoms with van der Waals surface area (Å²) >= 11 is 1.44. The molecule has 2 rings (SSSR count). The van der Waals surface area contributed by atoms with E-state index in [2.05, 4.69) is 10.6 Å². The number of nitrogens with one attached hydrogen (secondary N) is 2. The molecule has 0 bridgehead atoms. The van der Waals surface area contributed by atoms with Crippen molar-refractivity contribution >= 4 is 23.1 Å². The number of amides is 2. The summed E-state index contributed by atoms with van der Waals surface area (Å²) in [5, 5.41) is 18.3. The Kier molecular flexibility index (Phi) is 5.68. The van der Waals surface area contributed by atoms with Gasteiger partial charge in [-0.1, -0.05) is 0 Å². The van der Waals surface area contributed by atoms with Gasteiger partial charge in [0, 0.05) is 18.0 Å². The lowest BCUT2D eigenvalue weighted by atomic mass is 10.3. The lowest BCUT2D eigenvalue weighted by Gasteiger charge is -2.13. The second-order valence-corrected chi connectivity index (χ2v) is 5.17. The molecule has 1 aromatic carbocycles. The Morgan fingerprint density at radius 1 is 1.32 bits per heavy atom. The Balaban J connectivity index is 1.70. The van der Waals surface area contributed by atoms with Gasteiger partial charge in [-0.15, -0.1) is 0 Å². The zero-order valence-corrected chi connectivity index (χ0v) is 12.2. The highest BCUT2D eigenvalue weighted by molar-refractivity contribution is 7.08. The van der Waals surface area contributed by atoms with E-state index in [1.54, 1.807) is 11.4 Å². The number of aliphatic hydroxyl groups is 1. The van der Waals surface area contributed by atoms with Crippen molar-refractivity contribution in [1.29, 1.82) is 0 Å². The molecule has 22 heavy (non-hydrogen) atoms. The third kappa shape index (κ3) is 4.97. The Bertz CT molecular complexity index is 623. The van der Waals surface area contributed by atoms with Crippen molar-refractivity contribution in [3.8, 4) is 5.75 Å². The van der Waals surface area contributed by atoms with Crippen molar-refractivity contribution in [2.24, 2.45) is 0 Å². The smallest absolute Gasteiger partial charge is 0.319 e. The zero-order chi connectivity index (χ0) is 15.9. The number of rotatable bonds is 6. The van der Waals surface area contributed by atoms with Gasteiger partial charge in [0.1, 0.15) is 18.5 Å². The molecule has 1 atom stereocenters. The number of ether oxygens (including phenoxy) is 1. The third-order valence-corrected chi connectivity index (χ3v) is 3.29. The summed E-state index contributed by atoms with van der Waals surface area (Å²) in [5.41, 5.74) is 0.662. The van der Waals surface area contributed by atoms with Gasteiger partial charge in [-0.2, -0.15) is 11.3 Å². The highest BCUT2D eigenvalue weighted by atomic mass is 32.1. The zero-order valence-electron chi connectivity index (χ0n) is 11.4. The second kappa shape index (κ2) is 7.71. The van der Waals surface area contributed by atoms with Crippen LogP contribution in [0.4, 0.5) is 19.3 Å². The van der Waals surface area contributed by atoms with Crippen LogP contribution in [0.2, 0.25) is 0 Å². The molecule has 1 aromatic heterocycles. The van der Waals surface area contributed by atoms with E-state index in [1.807, 2.05) is 5.38 Å². The Morgan fingerprint density at radius 3 is 2.82 bits per heavy atom. The SMILES string of the molecule is O=C(NCC(O)COc1ccc(F)c(F)c1)Nc1ccsc1. The van der Waals surface area contributed by atoms with E-state index in [0.29, 0.717) is 5.69 Å². The second-order valence-electron chi connectivity index (χ2n) is 4.39. The maximum Gasteiger partial charge on any atom is 0.319 e. The Labute approximate surface area is 129 Å². The first-order valence-corrected chi connectivity index (χ1v) is 7.32. The van der Waals surface area contributed by atoms with Crippen LogP contribution in [0.3, 0.4) is 0 Å². The fourth-order valence-corrected chi connectivity index (χ4v) is 2.13. The normalized spacial score (nSPS) is 11.8. The van der Waals surface area contributed by atoms with Gasteiger partial charge in [0.05, 0.1) is 5.69 Å². The molecule has 0 radical (unpaired) electrons. The molecule has 1 heterocycles. The van der Waals surface area contributed by atoms with E-state index in [4.69, 9.17) is 4.74 Å². The first-order valence-electron chi connectivity index (χ1n) is 6.37. The van der Waals surface area contributed by atoms with Crippen LogP contribution in [-0.4, -0.2) is 30.4 Å². The number of aliphatic hydroxyl groups excluding tert-OH is 1. The van der Waals surface area contributed by atoms with Gasteiger partial charge < -0.3 is 20.5 Å². The monoisotopic (exact) mass is 328 g/mol. The molecule has 0 aliphatic carbocycles. The predicted molar refractivity (Wildman–Crippen MR) is 79.2 cm³/mol. The predicted octanol–water partition coefficient (Wildman–Crippen LogP) is 2.59. The van der Waals surface area contributed by atoms with E-state index < -0.39 is 23.8 Å². The Morgan fingerprint density at radius 2 is 2.14 bits per heavy atom. The minimum Gasteiger partial charge on any atom is -0.491 e. The quantitative estimate of drug-likeness (QED) is 0.763. The van der Waals surface area contributed by atoms with Gasteiger partial charge in [0.25, 0.3) is 0 Å². The van der Waals surface area contributed by atoms with Gasteiger partial charge in [-0.3, -0.25) is 0 Å². The average molecular weight is 328 g/mol. The summed E-state index contributed by atoms with van der Waals surface area (Å²) < 4.78 is 30.8. The molecule has 1 unspecified atom stereocenters. The fraction of sp³-hybridized carbons (Fsp3) is 0.214. The van der Waals surface area contributed by atoms with Crippen LogP contribution in [0.25, 0.3) is 0 Å². The number of carbonyl (C=O) groups is 1. The third-order valence-electron chi connectivity index (χ3n) is 2.61. The number of carbonyl (C=O) groups excluding carboxylic acids is 1. The van der Waals surface area contributed by atoms with Gasteiger partial charge >= 0.3 is 6.03 Å². The summed E-state index contributed by atoms with van der Waals surface area (Å²) in [6.07, 6.45) is -0.985. The highest BCUT2D eigenvalue weighted by Crippen LogP contribution is 2.15. The molecule has 0 fully saturated rings. The molecule has 118 valence electrons. The first-order chi connectivity index (χ1) is 10.5. The number of thiophene rings is 1. The van der Waals surface area contributed by atoms with E-state index >= 15 is 0 Å². The van der Waals surface area contributed by atoms with Crippen molar-refractivity contribution in [2.45, 2.75) is 6.10 Å². The maximum atomic E-state index is 13.0. The number of anilines is 1. The first kappa shape index (κ1) is 16.2. The number of benzene rings is 1. The minimum atomic E-state index is -1.03. The van der Waals surface area contributed by atoms with Crippen molar-refractivity contribution in [3.63, 3.8) is 0 Å². The number of hydrogen-bond donors (Lipinski definition) is 3. The lowest BCUT2D eigenvalue weighted by Crippen LogP contribution is -2.37. The number of hydrogen-bond acceptors (Lipinski definition) is 4. The lowest BCUT2D eigenvalue weighted by molar-refractivity contribution is 0.108. The van der Waals surface area contributed by atoms with Gasteiger partial charge in [-0.25, -0.2) is 13.6 Å². The van der Waals surface area contributed by atoms with Gasteiger partial charge in [-0.05, 0) is 23.6 Å². The highest BCUT2D eigenvalue weighted by Gasteiger charge is 2.09.